The van der Waals surface area contributed by atoms with Gasteiger partial charge in [-0.2, -0.15) is 0 Å². The lowest BCUT2D eigenvalue weighted by Gasteiger charge is -2.38. The van der Waals surface area contributed by atoms with Gasteiger partial charge in [-0.3, -0.25) is 0 Å². The molecule has 0 spiro atoms. The van der Waals surface area contributed by atoms with Gasteiger partial charge in [-0.05, 0) is 37.8 Å². The molecule has 0 amide bonds. The second-order valence-electron chi connectivity index (χ2n) is 4.80. The Bertz CT molecular complexity index is 367. The maximum atomic E-state index is 5.91. The van der Waals surface area contributed by atoms with Crippen molar-refractivity contribution < 1.29 is 4.74 Å². The van der Waals surface area contributed by atoms with Gasteiger partial charge in [-0.25, -0.2) is 0 Å². The number of ether oxygens (including phenoxy) is 1. The maximum Gasteiger partial charge on any atom is 0.0482 e. The van der Waals surface area contributed by atoms with Crippen molar-refractivity contribution in [1.82, 2.24) is 0 Å². The number of aryl methyl sites for hydroxylation is 1. The highest BCUT2D eigenvalue weighted by Crippen LogP contribution is 2.30. The molecule has 0 saturated heterocycles. The van der Waals surface area contributed by atoms with E-state index in [2.05, 4.69) is 29.2 Å². The molecule has 1 aliphatic rings. The molecule has 1 aliphatic heterocycles. The van der Waals surface area contributed by atoms with Gasteiger partial charge >= 0.3 is 0 Å². The monoisotopic (exact) mass is 248 g/mol. The third-order valence-corrected chi connectivity index (χ3v) is 3.65. The van der Waals surface area contributed by atoms with Gasteiger partial charge in [0.05, 0.1) is 0 Å². The molecule has 18 heavy (non-hydrogen) atoms. The van der Waals surface area contributed by atoms with E-state index in [0.717, 1.165) is 39.1 Å². The first-order valence-corrected chi connectivity index (χ1v) is 6.99. The second-order valence-corrected chi connectivity index (χ2v) is 4.80. The van der Waals surface area contributed by atoms with Crippen LogP contribution in [0.4, 0.5) is 5.69 Å². The molecule has 1 aromatic rings. The lowest BCUT2D eigenvalue weighted by Crippen LogP contribution is -2.44. The smallest absolute Gasteiger partial charge is 0.0482 e. The topological polar surface area (TPSA) is 38.5 Å². The Balaban J connectivity index is 2.04. The van der Waals surface area contributed by atoms with Crippen molar-refractivity contribution in [2.75, 3.05) is 31.2 Å². The summed E-state index contributed by atoms with van der Waals surface area (Å²) in [5.74, 6) is 0. The summed E-state index contributed by atoms with van der Waals surface area (Å²) >= 11 is 0. The predicted octanol–water partition coefficient (Wildman–Crippen LogP) is 2.19. The molecule has 1 aromatic carbocycles. The molecule has 1 atom stereocenters. The predicted molar refractivity (Wildman–Crippen MR) is 76.1 cm³/mol. The molecule has 0 radical (unpaired) electrons. The number of rotatable bonds is 6. The van der Waals surface area contributed by atoms with E-state index in [4.69, 9.17) is 10.5 Å². The number of nitrogens with two attached hydrogens (primary N) is 1. The molecular weight excluding hydrogens is 224 g/mol. The number of hydrogen-bond acceptors (Lipinski definition) is 3. The normalized spacial score (nSPS) is 18.8. The molecule has 2 rings (SSSR count). The third-order valence-electron chi connectivity index (χ3n) is 3.65. The molecule has 0 aromatic heterocycles. The van der Waals surface area contributed by atoms with Crippen LogP contribution in [0.3, 0.4) is 0 Å². The fourth-order valence-electron chi connectivity index (χ4n) is 2.71. The summed E-state index contributed by atoms with van der Waals surface area (Å²) in [7, 11) is 0. The SMILES string of the molecule is CCOCCCN1c2ccccc2CCC1CN. The highest BCUT2D eigenvalue weighted by molar-refractivity contribution is 5.56. The summed E-state index contributed by atoms with van der Waals surface area (Å²) in [6, 6.07) is 9.18. The van der Waals surface area contributed by atoms with Crippen LogP contribution in [0.2, 0.25) is 0 Å². The van der Waals surface area contributed by atoms with Crippen molar-refractivity contribution in [3.8, 4) is 0 Å². The van der Waals surface area contributed by atoms with E-state index in [1.165, 1.54) is 17.7 Å². The van der Waals surface area contributed by atoms with E-state index in [1.54, 1.807) is 0 Å². The molecule has 1 heterocycles. The van der Waals surface area contributed by atoms with Gasteiger partial charge in [0.25, 0.3) is 0 Å². The molecular formula is C15H24N2O. The highest BCUT2D eigenvalue weighted by atomic mass is 16.5. The first kappa shape index (κ1) is 13.4. The van der Waals surface area contributed by atoms with Crippen LogP contribution >= 0.6 is 0 Å². The number of nitrogens with zero attached hydrogens (tertiary/aromatic N) is 1. The van der Waals surface area contributed by atoms with Crippen molar-refractivity contribution in [3.63, 3.8) is 0 Å². The van der Waals surface area contributed by atoms with Gasteiger partial charge in [-0.1, -0.05) is 18.2 Å². The summed E-state index contributed by atoms with van der Waals surface area (Å²) < 4.78 is 5.42. The first-order valence-electron chi connectivity index (χ1n) is 6.99. The van der Waals surface area contributed by atoms with E-state index in [0.29, 0.717) is 6.04 Å². The largest absolute Gasteiger partial charge is 0.382 e. The number of fused-ring (bicyclic) bond motifs is 1. The fourth-order valence-corrected chi connectivity index (χ4v) is 2.71. The summed E-state index contributed by atoms with van der Waals surface area (Å²) in [6.07, 6.45) is 3.39. The maximum absolute atomic E-state index is 5.91. The van der Waals surface area contributed by atoms with Gasteiger partial charge in [-0.15, -0.1) is 0 Å². The van der Waals surface area contributed by atoms with Gasteiger partial charge in [0.2, 0.25) is 0 Å². The highest BCUT2D eigenvalue weighted by Gasteiger charge is 2.24. The standard InChI is InChI=1S/C15H24N2O/c1-2-18-11-5-10-17-14(12-16)9-8-13-6-3-4-7-15(13)17/h3-4,6-7,14H,2,5,8-12,16H2,1H3. The minimum absolute atomic E-state index is 0.488. The quantitative estimate of drug-likeness (QED) is 0.784. The average Bonchev–Trinajstić information content (AvgIpc) is 2.43. The number of anilines is 1. The van der Waals surface area contributed by atoms with Crippen LogP contribution in [-0.2, 0) is 11.2 Å². The fraction of sp³-hybridized carbons (Fsp3) is 0.600. The molecule has 0 saturated carbocycles. The van der Waals surface area contributed by atoms with Crippen molar-refractivity contribution in [2.24, 2.45) is 5.73 Å². The zero-order chi connectivity index (χ0) is 12.8. The van der Waals surface area contributed by atoms with Crippen molar-refractivity contribution in [2.45, 2.75) is 32.2 Å². The Morgan fingerprint density at radius 2 is 2.22 bits per heavy atom. The van der Waals surface area contributed by atoms with Crippen molar-refractivity contribution in [3.05, 3.63) is 29.8 Å². The van der Waals surface area contributed by atoms with Crippen LogP contribution in [0.25, 0.3) is 0 Å². The van der Waals surface area contributed by atoms with Crippen LogP contribution in [0, 0.1) is 0 Å². The molecule has 3 heteroatoms. The van der Waals surface area contributed by atoms with Gasteiger partial charge in [0.15, 0.2) is 0 Å². The Hall–Kier alpha value is -1.06. The minimum Gasteiger partial charge on any atom is -0.382 e. The van der Waals surface area contributed by atoms with E-state index in [9.17, 15) is 0 Å². The Kier molecular flexibility index (Phi) is 5.02. The Morgan fingerprint density at radius 3 is 3.00 bits per heavy atom. The van der Waals surface area contributed by atoms with E-state index in [-0.39, 0.29) is 0 Å². The third kappa shape index (κ3) is 3.03. The van der Waals surface area contributed by atoms with Gasteiger partial charge < -0.3 is 15.4 Å². The average molecular weight is 248 g/mol. The van der Waals surface area contributed by atoms with Crippen LogP contribution < -0.4 is 10.6 Å². The molecule has 1 unspecified atom stereocenters. The van der Waals surface area contributed by atoms with E-state index < -0.39 is 0 Å². The van der Waals surface area contributed by atoms with Gasteiger partial charge in [0.1, 0.15) is 0 Å². The van der Waals surface area contributed by atoms with Crippen molar-refractivity contribution in [1.29, 1.82) is 0 Å². The Morgan fingerprint density at radius 1 is 1.39 bits per heavy atom. The van der Waals surface area contributed by atoms with Gasteiger partial charge in [0, 0.05) is 38.0 Å². The van der Waals surface area contributed by atoms with E-state index in [1.807, 2.05) is 6.92 Å². The lowest BCUT2D eigenvalue weighted by molar-refractivity contribution is 0.145. The lowest BCUT2D eigenvalue weighted by atomic mass is 9.95. The van der Waals surface area contributed by atoms with Crippen LogP contribution in [0.15, 0.2) is 24.3 Å². The summed E-state index contributed by atoms with van der Waals surface area (Å²) in [6.45, 7) is 5.46. The summed E-state index contributed by atoms with van der Waals surface area (Å²) in [4.78, 5) is 2.47. The summed E-state index contributed by atoms with van der Waals surface area (Å²) in [5.41, 5.74) is 8.74. The van der Waals surface area contributed by atoms with Crippen LogP contribution in [-0.4, -0.2) is 32.3 Å². The molecule has 0 bridgehead atoms. The van der Waals surface area contributed by atoms with Crippen LogP contribution in [0.5, 0.6) is 0 Å². The second kappa shape index (κ2) is 6.76. The van der Waals surface area contributed by atoms with E-state index >= 15 is 0 Å². The number of benzene rings is 1. The number of hydrogen-bond donors (Lipinski definition) is 1. The molecule has 2 N–H and O–H groups in total. The zero-order valence-electron chi connectivity index (χ0n) is 11.3. The molecule has 0 fully saturated rings. The zero-order valence-corrected chi connectivity index (χ0v) is 11.3. The summed E-state index contributed by atoms with van der Waals surface area (Å²) in [5, 5.41) is 0. The molecule has 3 nitrogen and oxygen atoms in total. The van der Waals surface area contributed by atoms with Crippen LogP contribution in [0.1, 0.15) is 25.3 Å². The minimum atomic E-state index is 0.488. The number of para-hydroxylation sites is 1. The molecule has 0 aliphatic carbocycles. The van der Waals surface area contributed by atoms with Crippen molar-refractivity contribution >= 4 is 5.69 Å². The first-order chi connectivity index (χ1) is 8.86. The molecule has 100 valence electrons. The Labute approximate surface area is 110 Å².